The molecule has 1 atom stereocenters. The summed E-state index contributed by atoms with van der Waals surface area (Å²) in [5.74, 6) is 0.509. The molecule has 1 fully saturated rings. The maximum absolute atomic E-state index is 12.6. The van der Waals surface area contributed by atoms with Crippen LogP contribution in [0.2, 0.25) is 0 Å². The SMILES string of the molecule is CC(=O)N1CCC(Nc2cc(C(=O)NC[C@H](O)CN3CCc4c(ncn4C)C3)ccn2)CC1. The average Bonchev–Trinajstić information content (AvgIpc) is 3.18. The Kier molecular flexibility index (Phi) is 7.24. The smallest absolute Gasteiger partial charge is 0.251 e. The van der Waals surface area contributed by atoms with Crippen LogP contribution in [0.3, 0.4) is 0 Å². The van der Waals surface area contributed by atoms with Crippen molar-refractivity contribution < 1.29 is 14.7 Å². The first kappa shape index (κ1) is 23.2. The van der Waals surface area contributed by atoms with E-state index < -0.39 is 6.10 Å². The number of rotatable bonds is 7. The zero-order valence-electron chi connectivity index (χ0n) is 19.3. The van der Waals surface area contributed by atoms with Gasteiger partial charge in [0.25, 0.3) is 5.91 Å². The number of hydrogen-bond acceptors (Lipinski definition) is 7. The molecule has 10 heteroatoms. The minimum Gasteiger partial charge on any atom is -0.390 e. The first-order valence-corrected chi connectivity index (χ1v) is 11.5. The number of carbonyl (C=O) groups excluding carboxylic acids is 2. The molecule has 0 bridgehead atoms. The lowest BCUT2D eigenvalue weighted by Crippen LogP contribution is -2.42. The van der Waals surface area contributed by atoms with Crippen LogP contribution in [0.25, 0.3) is 0 Å². The van der Waals surface area contributed by atoms with Gasteiger partial charge in [-0.05, 0) is 25.0 Å². The summed E-state index contributed by atoms with van der Waals surface area (Å²) in [5, 5.41) is 16.6. The van der Waals surface area contributed by atoms with Crippen molar-refractivity contribution in [3.8, 4) is 0 Å². The number of aliphatic hydroxyl groups is 1. The third kappa shape index (κ3) is 5.88. The molecule has 0 aliphatic carbocycles. The van der Waals surface area contributed by atoms with Gasteiger partial charge in [-0.25, -0.2) is 9.97 Å². The van der Waals surface area contributed by atoms with Crippen LogP contribution in [-0.2, 0) is 24.8 Å². The number of aliphatic hydroxyl groups excluding tert-OH is 1. The van der Waals surface area contributed by atoms with Crippen molar-refractivity contribution in [3.63, 3.8) is 0 Å². The number of aromatic nitrogens is 3. The number of aryl methyl sites for hydroxylation is 1. The highest BCUT2D eigenvalue weighted by atomic mass is 16.3. The molecule has 2 amide bonds. The number of nitrogens with zero attached hydrogens (tertiary/aromatic N) is 5. The number of β-amino-alcohol motifs (C(OH)–C–C–N with tert-alkyl or cyclic N) is 1. The van der Waals surface area contributed by atoms with E-state index in [0.29, 0.717) is 24.5 Å². The molecule has 2 aromatic rings. The van der Waals surface area contributed by atoms with Crippen LogP contribution in [0, 0.1) is 0 Å². The second-order valence-corrected chi connectivity index (χ2v) is 8.95. The summed E-state index contributed by atoms with van der Waals surface area (Å²) >= 11 is 0. The Balaban J connectivity index is 1.23. The van der Waals surface area contributed by atoms with Crippen LogP contribution < -0.4 is 10.6 Å². The van der Waals surface area contributed by atoms with E-state index in [1.165, 1.54) is 5.69 Å². The number of pyridine rings is 1. The molecular weight excluding hydrogens is 422 g/mol. The largest absolute Gasteiger partial charge is 0.390 e. The molecule has 4 rings (SSSR count). The van der Waals surface area contributed by atoms with Gasteiger partial charge >= 0.3 is 0 Å². The fourth-order valence-corrected chi connectivity index (χ4v) is 4.54. The third-order valence-electron chi connectivity index (χ3n) is 6.47. The van der Waals surface area contributed by atoms with Crippen molar-refractivity contribution in [2.75, 3.05) is 38.0 Å². The third-order valence-corrected chi connectivity index (χ3v) is 6.47. The number of imidazole rings is 1. The molecule has 0 unspecified atom stereocenters. The van der Waals surface area contributed by atoms with Crippen molar-refractivity contribution in [2.24, 2.45) is 7.05 Å². The highest BCUT2D eigenvalue weighted by Gasteiger charge is 2.23. The van der Waals surface area contributed by atoms with Crippen LogP contribution in [0.4, 0.5) is 5.82 Å². The van der Waals surface area contributed by atoms with Gasteiger partial charge in [-0.3, -0.25) is 14.5 Å². The normalized spacial score (nSPS) is 18.0. The summed E-state index contributed by atoms with van der Waals surface area (Å²) in [5.41, 5.74) is 2.81. The molecule has 0 aromatic carbocycles. The van der Waals surface area contributed by atoms with Crippen molar-refractivity contribution in [1.82, 2.24) is 29.7 Å². The second-order valence-electron chi connectivity index (χ2n) is 8.95. The number of carbonyl (C=O) groups is 2. The number of fused-ring (bicyclic) bond motifs is 1. The molecule has 2 aliphatic rings. The summed E-state index contributed by atoms with van der Waals surface area (Å²) < 4.78 is 2.05. The van der Waals surface area contributed by atoms with E-state index in [9.17, 15) is 14.7 Å². The van der Waals surface area contributed by atoms with E-state index in [2.05, 4.69) is 30.1 Å². The standard InChI is InChI=1S/C23H33N7O3/c1-16(31)30-9-4-18(5-10-30)27-22-11-17(3-7-24-22)23(33)25-12-19(32)13-29-8-6-21-20(14-29)26-15-28(21)2/h3,7,11,15,18-19,32H,4-6,8-10,12-14H2,1-2H3,(H,24,27)(H,25,33)/t19-/m0/s1. The number of nitrogens with one attached hydrogen (secondary N) is 2. The Labute approximate surface area is 194 Å². The van der Waals surface area contributed by atoms with Gasteiger partial charge < -0.3 is 25.2 Å². The van der Waals surface area contributed by atoms with E-state index in [1.807, 2.05) is 18.3 Å². The molecule has 178 valence electrons. The van der Waals surface area contributed by atoms with Gasteiger partial charge in [0.05, 0.1) is 18.1 Å². The van der Waals surface area contributed by atoms with Crippen LogP contribution >= 0.6 is 0 Å². The lowest BCUT2D eigenvalue weighted by Gasteiger charge is -2.32. The predicted octanol–water partition coefficient (Wildman–Crippen LogP) is 0.387. The number of hydrogen-bond donors (Lipinski definition) is 3. The Morgan fingerprint density at radius 3 is 2.79 bits per heavy atom. The van der Waals surface area contributed by atoms with Gasteiger partial charge in [-0.2, -0.15) is 0 Å². The molecule has 0 saturated carbocycles. The predicted molar refractivity (Wildman–Crippen MR) is 124 cm³/mol. The fraction of sp³-hybridized carbons (Fsp3) is 0.565. The Bertz CT molecular complexity index is 984. The lowest BCUT2D eigenvalue weighted by molar-refractivity contribution is -0.129. The molecular formula is C23H33N7O3. The van der Waals surface area contributed by atoms with Crippen molar-refractivity contribution in [3.05, 3.63) is 41.6 Å². The minimum absolute atomic E-state index is 0.106. The van der Waals surface area contributed by atoms with Crippen LogP contribution in [-0.4, -0.2) is 86.1 Å². The molecule has 4 heterocycles. The quantitative estimate of drug-likeness (QED) is 0.553. The summed E-state index contributed by atoms with van der Waals surface area (Å²) in [4.78, 5) is 36.9. The average molecular weight is 456 g/mol. The summed E-state index contributed by atoms with van der Waals surface area (Å²) in [6.45, 7) is 5.29. The molecule has 0 radical (unpaired) electrons. The lowest BCUT2D eigenvalue weighted by atomic mass is 10.0. The van der Waals surface area contributed by atoms with Crippen LogP contribution in [0.5, 0.6) is 0 Å². The van der Waals surface area contributed by atoms with Crippen molar-refractivity contribution >= 4 is 17.6 Å². The maximum atomic E-state index is 12.6. The minimum atomic E-state index is -0.662. The molecule has 1 saturated heterocycles. The molecule has 0 spiro atoms. The fourth-order valence-electron chi connectivity index (χ4n) is 4.54. The molecule has 2 aromatic heterocycles. The zero-order valence-corrected chi connectivity index (χ0v) is 19.3. The van der Waals surface area contributed by atoms with Gasteiger partial charge in [0, 0.05) is 83.2 Å². The first-order valence-electron chi connectivity index (χ1n) is 11.5. The van der Waals surface area contributed by atoms with Crippen molar-refractivity contribution in [2.45, 2.75) is 44.9 Å². The Hall–Kier alpha value is -2.98. The first-order chi connectivity index (χ1) is 15.9. The number of likely N-dealkylation sites (tertiary alicyclic amines) is 1. The Morgan fingerprint density at radius 1 is 1.24 bits per heavy atom. The van der Waals surface area contributed by atoms with E-state index in [-0.39, 0.29) is 24.4 Å². The monoisotopic (exact) mass is 455 g/mol. The molecule has 3 N–H and O–H groups in total. The van der Waals surface area contributed by atoms with Crippen LogP contribution in [0.15, 0.2) is 24.7 Å². The van der Waals surface area contributed by atoms with Gasteiger partial charge in [-0.15, -0.1) is 0 Å². The van der Waals surface area contributed by atoms with E-state index in [1.54, 1.807) is 25.3 Å². The van der Waals surface area contributed by atoms with E-state index >= 15 is 0 Å². The second kappa shape index (κ2) is 10.3. The van der Waals surface area contributed by atoms with E-state index in [4.69, 9.17) is 0 Å². The summed E-state index contributed by atoms with van der Waals surface area (Å²) in [6.07, 6.45) is 5.38. The van der Waals surface area contributed by atoms with Gasteiger partial charge in [0.15, 0.2) is 0 Å². The highest BCUT2D eigenvalue weighted by molar-refractivity contribution is 5.94. The summed E-state index contributed by atoms with van der Waals surface area (Å²) in [6, 6.07) is 3.61. The van der Waals surface area contributed by atoms with Crippen LogP contribution in [0.1, 0.15) is 41.5 Å². The zero-order chi connectivity index (χ0) is 23.4. The van der Waals surface area contributed by atoms with Gasteiger partial charge in [0.2, 0.25) is 5.91 Å². The molecule has 2 aliphatic heterocycles. The molecule has 10 nitrogen and oxygen atoms in total. The number of piperidine rings is 1. The number of anilines is 1. The van der Waals surface area contributed by atoms with E-state index in [0.717, 1.165) is 44.6 Å². The van der Waals surface area contributed by atoms with Crippen molar-refractivity contribution in [1.29, 1.82) is 0 Å². The topological polar surface area (TPSA) is 116 Å². The van der Waals surface area contributed by atoms with Gasteiger partial charge in [0.1, 0.15) is 5.82 Å². The summed E-state index contributed by atoms with van der Waals surface area (Å²) in [7, 11) is 2.00. The Morgan fingerprint density at radius 2 is 2.03 bits per heavy atom. The highest BCUT2D eigenvalue weighted by Crippen LogP contribution is 2.18. The van der Waals surface area contributed by atoms with Gasteiger partial charge in [-0.1, -0.05) is 0 Å². The molecule has 33 heavy (non-hydrogen) atoms. The number of amides is 2. The maximum Gasteiger partial charge on any atom is 0.251 e.